The molecule has 98 valence electrons. The van der Waals surface area contributed by atoms with Crippen molar-refractivity contribution in [1.29, 1.82) is 0 Å². The maximum absolute atomic E-state index is 5.99. The number of rotatable bonds is 5. The molecular formula is C13H20N4O. The Hall–Kier alpha value is -1.75. The Bertz CT molecular complexity index is 521. The fourth-order valence-corrected chi connectivity index (χ4v) is 1.65. The van der Waals surface area contributed by atoms with Gasteiger partial charge in [0, 0.05) is 18.8 Å². The molecule has 0 spiro atoms. The number of nitrogen functional groups attached to an aromatic ring is 1. The minimum Gasteiger partial charge on any atom is -0.474 e. The third kappa shape index (κ3) is 2.56. The highest BCUT2D eigenvalue weighted by molar-refractivity contribution is 5.74. The van der Waals surface area contributed by atoms with Gasteiger partial charge in [-0.25, -0.2) is 4.52 Å². The van der Waals surface area contributed by atoms with Gasteiger partial charge in [0.25, 0.3) is 5.88 Å². The molecule has 5 heteroatoms. The number of fused-ring (bicyclic) bond motifs is 1. The van der Waals surface area contributed by atoms with Crippen LogP contribution in [0.1, 0.15) is 13.8 Å². The Morgan fingerprint density at radius 2 is 2.22 bits per heavy atom. The van der Waals surface area contributed by atoms with Crippen LogP contribution in [0.25, 0.3) is 5.52 Å². The van der Waals surface area contributed by atoms with E-state index in [4.69, 9.17) is 10.5 Å². The predicted octanol–water partition coefficient (Wildman–Crippen LogP) is 1.64. The van der Waals surface area contributed by atoms with Crippen molar-refractivity contribution < 1.29 is 4.74 Å². The molecule has 0 aromatic carbocycles. The first-order valence-corrected chi connectivity index (χ1v) is 6.15. The number of nitrogens with two attached hydrogens (primary N) is 1. The van der Waals surface area contributed by atoms with Gasteiger partial charge < -0.3 is 15.4 Å². The summed E-state index contributed by atoms with van der Waals surface area (Å²) in [6, 6.07) is 6.28. The van der Waals surface area contributed by atoms with Crippen molar-refractivity contribution in [3.8, 4) is 5.88 Å². The minimum absolute atomic E-state index is 0.506. The number of hydrogen-bond acceptors (Lipinski definition) is 4. The summed E-state index contributed by atoms with van der Waals surface area (Å²) in [5, 5.41) is 4.30. The van der Waals surface area contributed by atoms with Gasteiger partial charge in [0.2, 0.25) is 0 Å². The molecule has 0 saturated heterocycles. The summed E-state index contributed by atoms with van der Waals surface area (Å²) < 4.78 is 7.38. The second-order valence-electron chi connectivity index (χ2n) is 4.67. The average molecular weight is 248 g/mol. The van der Waals surface area contributed by atoms with E-state index in [1.807, 2.05) is 24.4 Å². The van der Waals surface area contributed by atoms with Crippen LogP contribution in [0.5, 0.6) is 5.88 Å². The maximum Gasteiger partial charge on any atom is 0.257 e. The van der Waals surface area contributed by atoms with Gasteiger partial charge >= 0.3 is 0 Å². The van der Waals surface area contributed by atoms with Gasteiger partial charge in [-0.3, -0.25) is 0 Å². The fourth-order valence-electron chi connectivity index (χ4n) is 1.65. The lowest BCUT2D eigenvalue weighted by molar-refractivity contribution is 0.204. The van der Waals surface area contributed by atoms with Crippen LogP contribution in [0.3, 0.4) is 0 Å². The zero-order valence-electron chi connectivity index (χ0n) is 11.1. The van der Waals surface area contributed by atoms with Crippen molar-refractivity contribution in [2.75, 3.05) is 25.9 Å². The zero-order valence-corrected chi connectivity index (χ0v) is 11.1. The van der Waals surface area contributed by atoms with Crippen molar-refractivity contribution in [3.05, 3.63) is 24.4 Å². The zero-order chi connectivity index (χ0) is 13.1. The summed E-state index contributed by atoms with van der Waals surface area (Å²) >= 11 is 0. The molecule has 0 amide bonds. The van der Waals surface area contributed by atoms with Crippen LogP contribution >= 0.6 is 0 Å². The number of likely N-dealkylation sites (N-methyl/N-ethyl adjacent to an activating group) is 1. The molecule has 0 aliphatic heterocycles. The molecule has 0 fully saturated rings. The van der Waals surface area contributed by atoms with E-state index in [0.717, 1.165) is 12.1 Å². The largest absolute Gasteiger partial charge is 0.474 e. The van der Waals surface area contributed by atoms with E-state index in [9.17, 15) is 0 Å². The van der Waals surface area contributed by atoms with Crippen molar-refractivity contribution in [2.45, 2.75) is 19.9 Å². The van der Waals surface area contributed by atoms with Gasteiger partial charge in [-0.2, -0.15) is 0 Å². The van der Waals surface area contributed by atoms with Gasteiger partial charge in [0.05, 0.1) is 5.52 Å². The van der Waals surface area contributed by atoms with Crippen LogP contribution < -0.4 is 10.5 Å². The molecule has 2 aromatic heterocycles. The Morgan fingerprint density at radius 1 is 1.44 bits per heavy atom. The van der Waals surface area contributed by atoms with E-state index < -0.39 is 0 Å². The van der Waals surface area contributed by atoms with Crippen LogP contribution in [-0.4, -0.2) is 40.8 Å². The molecule has 0 saturated carbocycles. The minimum atomic E-state index is 0.506. The molecular weight excluding hydrogens is 228 g/mol. The van der Waals surface area contributed by atoms with Crippen LogP contribution in [0, 0.1) is 0 Å². The quantitative estimate of drug-likeness (QED) is 0.874. The molecule has 0 unspecified atom stereocenters. The number of ether oxygens (including phenoxy) is 1. The standard InChI is InChI=1S/C13H20N4O/c1-10(2)16(3)8-9-18-13-12(14)11-6-4-5-7-17(11)15-13/h4-7,10H,8-9,14H2,1-3H3. The fraction of sp³-hybridized carbons (Fsp3) is 0.462. The van der Waals surface area contributed by atoms with Gasteiger partial charge in [0.15, 0.2) is 0 Å². The first kappa shape index (κ1) is 12.7. The molecule has 2 rings (SSSR count). The topological polar surface area (TPSA) is 55.8 Å². The molecule has 0 aliphatic carbocycles. The Balaban J connectivity index is 2.02. The average Bonchev–Trinajstić information content (AvgIpc) is 2.67. The third-order valence-corrected chi connectivity index (χ3v) is 3.11. The number of pyridine rings is 1. The predicted molar refractivity (Wildman–Crippen MR) is 72.9 cm³/mol. The number of anilines is 1. The molecule has 0 radical (unpaired) electrons. The van der Waals surface area contributed by atoms with Gasteiger partial charge in [-0.1, -0.05) is 6.07 Å². The molecule has 0 atom stereocenters. The van der Waals surface area contributed by atoms with E-state index in [0.29, 0.717) is 24.2 Å². The van der Waals surface area contributed by atoms with Gasteiger partial charge in [-0.15, -0.1) is 5.10 Å². The lowest BCUT2D eigenvalue weighted by atomic mass is 10.3. The van der Waals surface area contributed by atoms with E-state index in [-0.39, 0.29) is 0 Å². The van der Waals surface area contributed by atoms with Gasteiger partial charge in [-0.05, 0) is 33.0 Å². The first-order valence-electron chi connectivity index (χ1n) is 6.15. The molecule has 2 aromatic rings. The summed E-state index contributed by atoms with van der Waals surface area (Å²) in [4.78, 5) is 2.21. The molecule has 0 bridgehead atoms. The highest BCUT2D eigenvalue weighted by Gasteiger charge is 2.10. The first-order chi connectivity index (χ1) is 8.59. The Labute approximate surface area is 107 Å². The van der Waals surface area contributed by atoms with Crippen LogP contribution in [0.15, 0.2) is 24.4 Å². The summed E-state index contributed by atoms with van der Waals surface area (Å²) in [6.07, 6.45) is 1.86. The van der Waals surface area contributed by atoms with Crippen molar-refractivity contribution in [2.24, 2.45) is 0 Å². The summed E-state index contributed by atoms with van der Waals surface area (Å²) in [7, 11) is 2.07. The molecule has 18 heavy (non-hydrogen) atoms. The maximum atomic E-state index is 5.99. The Morgan fingerprint density at radius 3 is 2.89 bits per heavy atom. The lowest BCUT2D eigenvalue weighted by Gasteiger charge is -2.20. The monoisotopic (exact) mass is 248 g/mol. The van der Waals surface area contributed by atoms with Crippen molar-refractivity contribution in [1.82, 2.24) is 14.5 Å². The summed E-state index contributed by atoms with van der Waals surface area (Å²) in [5.41, 5.74) is 7.47. The molecule has 5 nitrogen and oxygen atoms in total. The lowest BCUT2D eigenvalue weighted by Crippen LogP contribution is -2.30. The highest BCUT2D eigenvalue weighted by Crippen LogP contribution is 2.24. The van der Waals surface area contributed by atoms with Crippen molar-refractivity contribution >= 4 is 11.2 Å². The van der Waals surface area contributed by atoms with Crippen LogP contribution in [0.2, 0.25) is 0 Å². The van der Waals surface area contributed by atoms with Crippen molar-refractivity contribution in [3.63, 3.8) is 0 Å². The van der Waals surface area contributed by atoms with E-state index in [1.54, 1.807) is 4.52 Å². The number of nitrogens with zero attached hydrogens (tertiary/aromatic N) is 3. The van der Waals surface area contributed by atoms with E-state index >= 15 is 0 Å². The smallest absolute Gasteiger partial charge is 0.257 e. The van der Waals surface area contributed by atoms with E-state index in [1.165, 1.54) is 0 Å². The summed E-state index contributed by atoms with van der Waals surface area (Å²) in [5.74, 6) is 0.512. The molecule has 2 heterocycles. The van der Waals surface area contributed by atoms with Crippen LogP contribution in [0.4, 0.5) is 5.69 Å². The second-order valence-corrected chi connectivity index (χ2v) is 4.67. The molecule has 0 aliphatic rings. The number of aromatic nitrogens is 2. The molecule has 2 N–H and O–H groups in total. The van der Waals surface area contributed by atoms with Gasteiger partial charge in [0.1, 0.15) is 12.3 Å². The highest BCUT2D eigenvalue weighted by atomic mass is 16.5. The SMILES string of the molecule is CC(C)N(C)CCOc1nn2ccccc2c1N. The van der Waals surface area contributed by atoms with E-state index in [2.05, 4.69) is 30.9 Å². The van der Waals surface area contributed by atoms with Crippen LogP contribution in [-0.2, 0) is 0 Å². The third-order valence-electron chi connectivity index (χ3n) is 3.11. The Kier molecular flexibility index (Phi) is 3.72. The normalized spacial score (nSPS) is 11.6. The number of hydrogen-bond donors (Lipinski definition) is 1. The summed E-state index contributed by atoms with van der Waals surface area (Å²) in [6.45, 7) is 5.74. The second kappa shape index (κ2) is 5.27.